The van der Waals surface area contributed by atoms with Crippen LogP contribution in [0.1, 0.15) is 43.2 Å². The van der Waals surface area contributed by atoms with Crippen LogP contribution in [0.15, 0.2) is 55.3 Å². The number of hydrogen-bond donors (Lipinski definition) is 1. The largest absolute Gasteiger partial charge is 0.493 e. The molecule has 0 saturated carbocycles. The van der Waals surface area contributed by atoms with E-state index in [0.717, 1.165) is 5.56 Å². The van der Waals surface area contributed by atoms with Crippen molar-refractivity contribution in [3.63, 3.8) is 0 Å². The third kappa shape index (κ3) is 7.70. The van der Waals surface area contributed by atoms with Crippen molar-refractivity contribution in [2.45, 2.75) is 52.0 Å². The van der Waals surface area contributed by atoms with Crippen molar-refractivity contribution < 1.29 is 33.3 Å². The molecular weight excluding hydrogens is 440 g/mol. The quantitative estimate of drug-likeness (QED) is 0.372. The fourth-order valence-electron chi connectivity index (χ4n) is 3.02. The second-order valence-corrected chi connectivity index (χ2v) is 7.48. The van der Waals surface area contributed by atoms with Crippen LogP contribution in [0.2, 0.25) is 0 Å². The minimum atomic E-state index is -1.01. The SMILES string of the molecule is C=CC[C@@H](OCc1ccccc1)[C@H](C)OC(=O)[C@H](C)NC(=O)c1nccc(OC)c1OC(C)=O. The summed E-state index contributed by atoms with van der Waals surface area (Å²) < 4.78 is 21.7. The highest BCUT2D eigenvalue weighted by molar-refractivity contribution is 5.98. The lowest BCUT2D eigenvalue weighted by atomic mass is 10.1. The van der Waals surface area contributed by atoms with Gasteiger partial charge in [0.05, 0.1) is 19.8 Å². The van der Waals surface area contributed by atoms with Crippen LogP contribution in [-0.2, 0) is 25.7 Å². The first-order valence-electron chi connectivity index (χ1n) is 10.8. The van der Waals surface area contributed by atoms with Gasteiger partial charge in [0.15, 0.2) is 11.4 Å². The summed E-state index contributed by atoms with van der Waals surface area (Å²) in [5.74, 6) is -2.01. The Kier molecular flexibility index (Phi) is 10.2. The summed E-state index contributed by atoms with van der Waals surface area (Å²) in [6.45, 7) is 8.48. The molecule has 1 aromatic carbocycles. The molecular formula is C25H30N2O7. The van der Waals surface area contributed by atoms with Gasteiger partial charge in [0.2, 0.25) is 5.75 Å². The number of ether oxygens (including phenoxy) is 4. The maximum Gasteiger partial charge on any atom is 0.328 e. The number of nitrogens with one attached hydrogen (secondary N) is 1. The number of carbonyl (C=O) groups excluding carboxylic acids is 3. The molecule has 0 aliphatic carbocycles. The lowest BCUT2D eigenvalue weighted by molar-refractivity contribution is -0.158. The molecule has 0 unspecified atom stereocenters. The van der Waals surface area contributed by atoms with Crippen LogP contribution in [0.3, 0.4) is 0 Å². The number of carbonyl (C=O) groups is 3. The van der Waals surface area contributed by atoms with Crippen LogP contribution in [0.4, 0.5) is 0 Å². The lowest BCUT2D eigenvalue weighted by Gasteiger charge is -2.25. The van der Waals surface area contributed by atoms with Crippen molar-refractivity contribution in [3.05, 3.63) is 66.5 Å². The van der Waals surface area contributed by atoms with Gasteiger partial charge in [-0.1, -0.05) is 36.4 Å². The number of rotatable bonds is 12. The van der Waals surface area contributed by atoms with E-state index in [1.807, 2.05) is 30.3 Å². The van der Waals surface area contributed by atoms with E-state index in [0.29, 0.717) is 13.0 Å². The topological polar surface area (TPSA) is 113 Å². The van der Waals surface area contributed by atoms with Crippen LogP contribution in [0.25, 0.3) is 0 Å². The van der Waals surface area contributed by atoms with E-state index >= 15 is 0 Å². The Balaban J connectivity index is 2.02. The maximum atomic E-state index is 12.7. The van der Waals surface area contributed by atoms with Crippen molar-refractivity contribution in [2.24, 2.45) is 0 Å². The van der Waals surface area contributed by atoms with Crippen LogP contribution in [0.5, 0.6) is 11.5 Å². The number of aromatic nitrogens is 1. The number of benzene rings is 1. The first-order valence-corrected chi connectivity index (χ1v) is 10.8. The molecule has 0 fully saturated rings. The zero-order valence-electron chi connectivity index (χ0n) is 19.8. The Morgan fingerprint density at radius 1 is 1.15 bits per heavy atom. The Morgan fingerprint density at radius 2 is 1.85 bits per heavy atom. The van der Waals surface area contributed by atoms with Gasteiger partial charge in [-0.15, -0.1) is 6.58 Å². The summed E-state index contributed by atoms with van der Waals surface area (Å²) >= 11 is 0. The molecule has 0 aliphatic rings. The molecule has 182 valence electrons. The smallest absolute Gasteiger partial charge is 0.328 e. The second kappa shape index (κ2) is 13.1. The molecule has 1 amide bonds. The van der Waals surface area contributed by atoms with Gasteiger partial charge in [0, 0.05) is 19.2 Å². The van der Waals surface area contributed by atoms with Gasteiger partial charge in [-0.05, 0) is 25.8 Å². The first kappa shape index (κ1) is 26.5. The number of nitrogens with zero attached hydrogens (tertiary/aromatic N) is 1. The minimum absolute atomic E-state index is 0.135. The van der Waals surface area contributed by atoms with E-state index in [9.17, 15) is 14.4 Å². The molecule has 0 spiro atoms. The van der Waals surface area contributed by atoms with Crippen LogP contribution in [-0.4, -0.2) is 48.2 Å². The molecule has 34 heavy (non-hydrogen) atoms. The second-order valence-electron chi connectivity index (χ2n) is 7.48. The third-order valence-corrected chi connectivity index (χ3v) is 4.78. The summed E-state index contributed by atoms with van der Waals surface area (Å²) in [4.78, 5) is 40.8. The minimum Gasteiger partial charge on any atom is -0.493 e. The van der Waals surface area contributed by atoms with Crippen molar-refractivity contribution in [3.8, 4) is 11.5 Å². The van der Waals surface area contributed by atoms with E-state index in [2.05, 4.69) is 16.9 Å². The van der Waals surface area contributed by atoms with E-state index in [-0.39, 0.29) is 17.2 Å². The molecule has 9 nitrogen and oxygen atoms in total. The molecule has 3 atom stereocenters. The van der Waals surface area contributed by atoms with Gasteiger partial charge in [0.1, 0.15) is 12.1 Å². The van der Waals surface area contributed by atoms with E-state index in [4.69, 9.17) is 18.9 Å². The number of hydrogen-bond acceptors (Lipinski definition) is 8. The summed E-state index contributed by atoms with van der Waals surface area (Å²) in [5.41, 5.74) is 0.795. The third-order valence-electron chi connectivity index (χ3n) is 4.78. The Labute approximate surface area is 199 Å². The Hall–Kier alpha value is -3.72. The number of amides is 1. The van der Waals surface area contributed by atoms with E-state index in [1.165, 1.54) is 33.2 Å². The highest BCUT2D eigenvalue weighted by Gasteiger charge is 2.27. The molecule has 9 heteroatoms. The first-order chi connectivity index (χ1) is 16.3. The standard InChI is InChI=1S/C25H30N2O7/c1-6-10-20(32-15-19-11-8-7-9-12-19)17(3)33-25(30)16(2)27-24(29)22-23(34-18(4)28)21(31-5)13-14-26-22/h6-9,11-14,16-17,20H,1,10,15H2,2-5H3,(H,27,29)/t16-,17-,20+/m0/s1. The monoisotopic (exact) mass is 470 g/mol. The van der Waals surface area contributed by atoms with E-state index < -0.39 is 36.1 Å². The molecule has 2 aromatic rings. The average molecular weight is 471 g/mol. The molecule has 2 rings (SSSR count). The molecule has 1 N–H and O–H groups in total. The summed E-state index contributed by atoms with van der Waals surface area (Å²) in [6, 6.07) is 10.1. The highest BCUT2D eigenvalue weighted by Crippen LogP contribution is 2.29. The number of pyridine rings is 1. The number of methoxy groups -OCH3 is 1. The summed E-state index contributed by atoms with van der Waals surface area (Å²) in [6.07, 6.45) is 2.48. The molecule has 0 bridgehead atoms. The van der Waals surface area contributed by atoms with Crippen LogP contribution < -0.4 is 14.8 Å². The van der Waals surface area contributed by atoms with Gasteiger partial charge in [0.25, 0.3) is 5.91 Å². The maximum absolute atomic E-state index is 12.7. The predicted octanol–water partition coefficient (Wildman–Crippen LogP) is 3.23. The summed E-state index contributed by atoms with van der Waals surface area (Å²) in [7, 11) is 1.37. The molecule has 1 aromatic heterocycles. The fraction of sp³-hybridized carbons (Fsp3) is 0.360. The van der Waals surface area contributed by atoms with Crippen molar-refractivity contribution in [1.29, 1.82) is 0 Å². The molecule has 1 heterocycles. The van der Waals surface area contributed by atoms with Crippen LogP contribution >= 0.6 is 0 Å². The van der Waals surface area contributed by atoms with Gasteiger partial charge in [-0.2, -0.15) is 0 Å². The normalized spacial score (nSPS) is 13.2. The lowest BCUT2D eigenvalue weighted by Crippen LogP contribution is -2.43. The predicted molar refractivity (Wildman–Crippen MR) is 124 cm³/mol. The van der Waals surface area contributed by atoms with Gasteiger partial charge in [-0.3, -0.25) is 9.59 Å². The zero-order valence-corrected chi connectivity index (χ0v) is 19.8. The Bertz CT molecular complexity index is 994. The van der Waals surface area contributed by atoms with Crippen molar-refractivity contribution in [2.75, 3.05) is 7.11 Å². The average Bonchev–Trinajstić information content (AvgIpc) is 2.81. The molecule has 0 radical (unpaired) electrons. The molecule has 0 aliphatic heterocycles. The van der Waals surface area contributed by atoms with Crippen molar-refractivity contribution in [1.82, 2.24) is 10.3 Å². The molecule has 0 saturated heterocycles. The van der Waals surface area contributed by atoms with E-state index in [1.54, 1.807) is 13.0 Å². The van der Waals surface area contributed by atoms with Gasteiger partial charge < -0.3 is 24.3 Å². The Morgan fingerprint density at radius 3 is 2.47 bits per heavy atom. The zero-order chi connectivity index (χ0) is 25.1. The summed E-state index contributed by atoms with van der Waals surface area (Å²) in [5, 5.41) is 2.51. The van der Waals surface area contributed by atoms with Crippen LogP contribution in [0, 0.1) is 0 Å². The number of esters is 2. The highest BCUT2D eigenvalue weighted by atomic mass is 16.6. The van der Waals surface area contributed by atoms with Crippen molar-refractivity contribution >= 4 is 17.8 Å². The van der Waals surface area contributed by atoms with Gasteiger partial charge in [-0.25, -0.2) is 9.78 Å². The fourth-order valence-corrected chi connectivity index (χ4v) is 3.02. The van der Waals surface area contributed by atoms with Gasteiger partial charge >= 0.3 is 11.9 Å².